The summed E-state index contributed by atoms with van der Waals surface area (Å²) in [4.78, 5) is 0. The van der Waals surface area contributed by atoms with Crippen LogP contribution in [0.5, 0.6) is 0 Å². The number of thioether (sulfide) groups is 1. The lowest BCUT2D eigenvalue weighted by Crippen LogP contribution is -2.35. The summed E-state index contributed by atoms with van der Waals surface area (Å²) in [7, 11) is 0. The molecule has 2 atom stereocenters. The average molecular weight is 300 g/mol. The van der Waals surface area contributed by atoms with Crippen molar-refractivity contribution in [3.8, 4) is 0 Å². The Hall–Kier alpha value is 0.270. The van der Waals surface area contributed by atoms with Gasteiger partial charge in [-0.15, -0.1) is 0 Å². The topological polar surface area (TPSA) is 35.2 Å². The molecule has 1 aliphatic carbocycles. The Labute approximate surface area is 129 Å². The lowest BCUT2D eigenvalue weighted by Gasteiger charge is -2.30. The first-order valence-corrected chi connectivity index (χ1v) is 9.79. The summed E-state index contributed by atoms with van der Waals surface area (Å²) in [5.74, 6) is 0. The van der Waals surface area contributed by atoms with Crippen LogP contribution in [0.15, 0.2) is 0 Å². The van der Waals surface area contributed by atoms with E-state index in [-0.39, 0.29) is 0 Å². The van der Waals surface area contributed by atoms with Crippen LogP contribution >= 0.6 is 11.8 Å². The van der Waals surface area contributed by atoms with E-state index in [0.717, 1.165) is 18.5 Å². The van der Waals surface area contributed by atoms with Crippen molar-refractivity contribution in [1.29, 1.82) is 0 Å². The number of ether oxygens (including phenoxy) is 1. The highest BCUT2D eigenvalue weighted by Gasteiger charge is 2.24. The van der Waals surface area contributed by atoms with Crippen molar-refractivity contribution in [3.63, 3.8) is 0 Å². The Balaban J connectivity index is 1.80. The first-order valence-electron chi connectivity index (χ1n) is 8.85. The monoisotopic (exact) mass is 299 g/mol. The highest BCUT2D eigenvalue weighted by Crippen LogP contribution is 2.32. The Morgan fingerprint density at radius 1 is 0.700 bits per heavy atom. The predicted molar refractivity (Wildman–Crippen MR) is 89.4 cm³/mol. The number of nitrogens with two attached hydrogens (primary N) is 1. The highest BCUT2D eigenvalue weighted by molar-refractivity contribution is 8.00. The molecule has 0 spiro atoms. The number of rotatable bonds is 2. The minimum atomic E-state index is 0.419. The molecule has 0 radical (unpaired) electrons. The van der Waals surface area contributed by atoms with E-state index < -0.39 is 0 Å². The maximum absolute atomic E-state index is 6.52. The van der Waals surface area contributed by atoms with Crippen molar-refractivity contribution in [2.75, 3.05) is 13.2 Å². The Morgan fingerprint density at radius 3 is 1.90 bits per heavy atom. The second kappa shape index (κ2) is 10.1. The molecule has 0 aromatic heterocycles. The van der Waals surface area contributed by atoms with Gasteiger partial charge in [-0.1, -0.05) is 51.4 Å². The lowest BCUT2D eigenvalue weighted by atomic mass is 9.98. The number of hydrogen-bond acceptors (Lipinski definition) is 3. The van der Waals surface area contributed by atoms with E-state index in [1.807, 2.05) is 0 Å². The summed E-state index contributed by atoms with van der Waals surface area (Å²) >= 11 is 2.20. The molecular formula is C17H33NOS. The molecule has 2 unspecified atom stereocenters. The van der Waals surface area contributed by atoms with Crippen LogP contribution in [0.1, 0.15) is 77.0 Å². The molecule has 20 heavy (non-hydrogen) atoms. The zero-order valence-corrected chi connectivity index (χ0v) is 13.8. The van der Waals surface area contributed by atoms with Crippen LogP contribution in [0.4, 0.5) is 0 Å². The molecule has 0 bridgehead atoms. The van der Waals surface area contributed by atoms with E-state index in [9.17, 15) is 0 Å². The van der Waals surface area contributed by atoms with Crippen molar-refractivity contribution in [1.82, 2.24) is 0 Å². The van der Waals surface area contributed by atoms with Gasteiger partial charge < -0.3 is 10.5 Å². The molecule has 1 aliphatic heterocycles. The molecule has 1 saturated heterocycles. The van der Waals surface area contributed by atoms with Crippen LogP contribution in [0, 0.1) is 0 Å². The molecule has 0 aromatic carbocycles. The van der Waals surface area contributed by atoms with Crippen LogP contribution < -0.4 is 5.73 Å². The largest absolute Gasteiger partial charge is 0.381 e. The van der Waals surface area contributed by atoms with Gasteiger partial charge in [0.05, 0.1) is 0 Å². The van der Waals surface area contributed by atoms with E-state index in [1.165, 1.54) is 77.0 Å². The normalized spacial score (nSPS) is 32.2. The molecular weight excluding hydrogens is 266 g/mol. The molecule has 0 amide bonds. The summed E-state index contributed by atoms with van der Waals surface area (Å²) < 4.78 is 5.48. The minimum absolute atomic E-state index is 0.419. The Morgan fingerprint density at radius 2 is 1.25 bits per heavy atom. The second-order valence-electron chi connectivity index (χ2n) is 6.56. The SMILES string of the molecule is NC1CCCCCCCCCCC1SC1CCOCC1. The molecule has 2 fully saturated rings. The predicted octanol–water partition coefficient (Wildman–Crippen LogP) is 4.51. The standard InChI is InChI=1S/C17H33NOS/c18-16-9-7-5-3-1-2-4-6-8-10-17(16)20-15-11-13-19-14-12-15/h15-17H,1-14,18H2. The van der Waals surface area contributed by atoms with Crippen LogP contribution in [0.2, 0.25) is 0 Å². The molecule has 2 N–H and O–H groups in total. The van der Waals surface area contributed by atoms with Gasteiger partial charge in [0, 0.05) is 29.8 Å². The van der Waals surface area contributed by atoms with E-state index in [2.05, 4.69) is 11.8 Å². The summed E-state index contributed by atoms with van der Waals surface area (Å²) in [6, 6.07) is 0.419. The molecule has 118 valence electrons. The van der Waals surface area contributed by atoms with Gasteiger partial charge in [0.15, 0.2) is 0 Å². The summed E-state index contributed by atoms with van der Waals surface area (Å²) in [6.45, 7) is 1.92. The molecule has 0 aromatic rings. The zero-order chi connectivity index (χ0) is 14.0. The quantitative estimate of drug-likeness (QED) is 0.815. The van der Waals surface area contributed by atoms with Gasteiger partial charge in [0.25, 0.3) is 0 Å². The van der Waals surface area contributed by atoms with Crippen LogP contribution in [-0.4, -0.2) is 29.8 Å². The first kappa shape index (κ1) is 16.6. The van der Waals surface area contributed by atoms with Crippen molar-refractivity contribution >= 4 is 11.8 Å². The first-order chi connectivity index (χ1) is 9.86. The third kappa shape index (κ3) is 6.36. The third-order valence-corrected chi connectivity index (χ3v) is 6.58. The van der Waals surface area contributed by atoms with E-state index in [1.54, 1.807) is 0 Å². The van der Waals surface area contributed by atoms with Crippen LogP contribution in [-0.2, 0) is 4.74 Å². The maximum atomic E-state index is 6.52. The molecule has 1 saturated carbocycles. The molecule has 1 heterocycles. The van der Waals surface area contributed by atoms with Crippen molar-refractivity contribution in [2.45, 2.75) is 93.6 Å². The van der Waals surface area contributed by atoms with Crippen LogP contribution in [0.3, 0.4) is 0 Å². The average Bonchev–Trinajstić information content (AvgIpc) is 2.47. The van der Waals surface area contributed by atoms with Gasteiger partial charge >= 0.3 is 0 Å². The maximum Gasteiger partial charge on any atom is 0.0476 e. The van der Waals surface area contributed by atoms with Crippen molar-refractivity contribution in [2.24, 2.45) is 5.73 Å². The summed E-state index contributed by atoms with van der Waals surface area (Å²) in [5.41, 5.74) is 6.52. The minimum Gasteiger partial charge on any atom is -0.381 e. The summed E-state index contributed by atoms with van der Waals surface area (Å²) in [6.07, 6.45) is 16.3. The van der Waals surface area contributed by atoms with Gasteiger partial charge in [-0.3, -0.25) is 0 Å². The van der Waals surface area contributed by atoms with E-state index in [4.69, 9.17) is 10.5 Å². The van der Waals surface area contributed by atoms with Crippen LogP contribution in [0.25, 0.3) is 0 Å². The second-order valence-corrected chi connectivity index (χ2v) is 8.10. The zero-order valence-electron chi connectivity index (χ0n) is 13.0. The fraction of sp³-hybridized carbons (Fsp3) is 1.00. The molecule has 2 nitrogen and oxygen atoms in total. The van der Waals surface area contributed by atoms with E-state index in [0.29, 0.717) is 11.3 Å². The molecule has 3 heteroatoms. The molecule has 2 rings (SSSR count). The van der Waals surface area contributed by atoms with Crippen molar-refractivity contribution in [3.05, 3.63) is 0 Å². The smallest absolute Gasteiger partial charge is 0.0476 e. The van der Waals surface area contributed by atoms with Gasteiger partial charge in [0.2, 0.25) is 0 Å². The van der Waals surface area contributed by atoms with Crippen molar-refractivity contribution < 1.29 is 4.74 Å². The third-order valence-electron chi connectivity index (χ3n) is 4.79. The summed E-state index contributed by atoms with van der Waals surface area (Å²) in [5, 5.41) is 1.49. The van der Waals surface area contributed by atoms with Gasteiger partial charge in [0.1, 0.15) is 0 Å². The molecule has 2 aliphatic rings. The fourth-order valence-corrected chi connectivity index (χ4v) is 5.01. The van der Waals surface area contributed by atoms with Gasteiger partial charge in [-0.05, 0) is 25.7 Å². The number of hydrogen-bond donors (Lipinski definition) is 1. The lowest BCUT2D eigenvalue weighted by molar-refractivity contribution is 0.0999. The Bertz CT molecular complexity index is 243. The Kier molecular flexibility index (Phi) is 8.38. The van der Waals surface area contributed by atoms with Gasteiger partial charge in [-0.25, -0.2) is 0 Å². The van der Waals surface area contributed by atoms with E-state index >= 15 is 0 Å². The van der Waals surface area contributed by atoms with Gasteiger partial charge in [-0.2, -0.15) is 11.8 Å². The highest BCUT2D eigenvalue weighted by atomic mass is 32.2. The fourth-order valence-electron chi connectivity index (χ4n) is 3.41.